The minimum atomic E-state index is -0.152. The van der Waals surface area contributed by atoms with Gasteiger partial charge >= 0.3 is 0 Å². The van der Waals surface area contributed by atoms with Crippen LogP contribution in [0.3, 0.4) is 0 Å². The third kappa shape index (κ3) is 5.30. The quantitative estimate of drug-likeness (QED) is 0.617. The van der Waals surface area contributed by atoms with Crippen LogP contribution in [0.2, 0.25) is 0 Å². The lowest BCUT2D eigenvalue weighted by Gasteiger charge is -2.19. The summed E-state index contributed by atoms with van der Waals surface area (Å²) in [4.78, 5) is 13.5. The first kappa shape index (κ1) is 15.4. The second-order valence-electron chi connectivity index (χ2n) is 3.75. The SMILES string of the molecule is O=C(CN(CCO)CCO)Nc1ccccc1I. The monoisotopic (exact) mass is 364 g/mol. The summed E-state index contributed by atoms with van der Waals surface area (Å²) in [6.07, 6.45) is 0. The maximum absolute atomic E-state index is 11.8. The molecule has 100 valence electrons. The lowest BCUT2D eigenvalue weighted by Crippen LogP contribution is -2.37. The standard InChI is InChI=1S/C12H17IN2O3/c13-10-3-1-2-4-11(10)14-12(18)9-15(5-7-16)6-8-17/h1-4,16-17H,5-9H2,(H,14,18). The number of anilines is 1. The highest BCUT2D eigenvalue weighted by molar-refractivity contribution is 14.1. The Hall–Kier alpha value is -0.700. The van der Waals surface area contributed by atoms with Crippen molar-refractivity contribution in [2.75, 3.05) is 38.2 Å². The van der Waals surface area contributed by atoms with Crippen molar-refractivity contribution in [2.45, 2.75) is 0 Å². The number of para-hydroxylation sites is 1. The minimum absolute atomic E-state index is 0.0316. The van der Waals surface area contributed by atoms with E-state index in [1.54, 1.807) is 4.90 Å². The smallest absolute Gasteiger partial charge is 0.238 e. The minimum Gasteiger partial charge on any atom is -0.395 e. The van der Waals surface area contributed by atoms with Gasteiger partial charge in [-0.25, -0.2) is 0 Å². The van der Waals surface area contributed by atoms with E-state index in [2.05, 4.69) is 27.9 Å². The van der Waals surface area contributed by atoms with Gasteiger partial charge in [0, 0.05) is 16.7 Å². The van der Waals surface area contributed by atoms with Crippen molar-refractivity contribution >= 4 is 34.2 Å². The van der Waals surface area contributed by atoms with Crippen LogP contribution in [0.5, 0.6) is 0 Å². The Balaban J connectivity index is 2.52. The van der Waals surface area contributed by atoms with Gasteiger partial charge in [-0.1, -0.05) is 12.1 Å². The van der Waals surface area contributed by atoms with Gasteiger partial charge in [0.2, 0.25) is 5.91 Å². The van der Waals surface area contributed by atoms with Crippen LogP contribution in [-0.4, -0.2) is 53.9 Å². The fraction of sp³-hybridized carbons (Fsp3) is 0.417. The Kier molecular flexibility index (Phi) is 7.18. The van der Waals surface area contributed by atoms with Gasteiger partial charge in [0.05, 0.1) is 25.4 Å². The number of nitrogens with one attached hydrogen (secondary N) is 1. The number of halogens is 1. The van der Waals surface area contributed by atoms with Crippen LogP contribution in [0.25, 0.3) is 0 Å². The summed E-state index contributed by atoms with van der Waals surface area (Å²) in [7, 11) is 0. The van der Waals surface area contributed by atoms with Gasteiger partial charge in [0.1, 0.15) is 0 Å². The van der Waals surface area contributed by atoms with Crippen LogP contribution in [0, 0.1) is 3.57 Å². The van der Waals surface area contributed by atoms with Crippen molar-refractivity contribution < 1.29 is 15.0 Å². The second-order valence-corrected chi connectivity index (χ2v) is 4.91. The number of aliphatic hydroxyl groups is 2. The molecule has 5 nitrogen and oxygen atoms in total. The largest absolute Gasteiger partial charge is 0.395 e. The Morgan fingerprint density at radius 1 is 1.22 bits per heavy atom. The Bertz CT molecular complexity index is 381. The zero-order valence-electron chi connectivity index (χ0n) is 9.97. The van der Waals surface area contributed by atoms with E-state index in [4.69, 9.17) is 10.2 Å². The third-order valence-electron chi connectivity index (χ3n) is 2.35. The van der Waals surface area contributed by atoms with E-state index in [1.165, 1.54) is 0 Å². The molecular weight excluding hydrogens is 347 g/mol. The second kappa shape index (κ2) is 8.41. The van der Waals surface area contributed by atoms with Crippen LogP contribution in [-0.2, 0) is 4.79 Å². The highest BCUT2D eigenvalue weighted by Gasteiger charge is 2.10. The molecule has 18 heavy (non-hydrogen) atoms. The lowest BCUT2D eigenvalue weighted by atomic mass is 10.3. The molecule has 0 atom stereocenters. The Morgan fingerprint density at radius 2 is 1.83 bits per heavy atom. The summed E-state index contributed by atoms with van der Waals surface area (Å²) in [5.74, 6) is -0.152. The highest BCUT2D eigenvalue weighted by atomic mass is 127. The first-order valence-corrected chi connectivity index (χ1v) is 6.73. The summed E-state index contributed by atoms with van der Waals surface area (Å²) in [5.41, 5.74) is 0.774. The topological polar surface area (TPSA) is 72.8 Å². The van der Waals surface area contributed by atoms with Gasteiger partial charge in [-0.15, -0.1) is 0 Å². The van der Waals surface area contributed by atoms with Gasteiger partial charge in [0.25, 0.3) is 0 Å². The molecule has 1 aromatic rings. The number of carbonyl (C=O) groups is 1. The summed E-state index contributed by atoms with van der Waals surface area (Å²) in [5, 5.41) is 20.5. The van der Waals surface area contributed by atoms with Gasteiger partial charge in [-0.2, -0.15) is 0 Å². The molecule has 0 radical (unpaired) electrons. The average Bonchev–Trinajstić information content (AvgIpc) is 2.33. The number of aliphatic hydroxyl groups excluding tert-OH is 2. The van der Waals surface area contributed by atoms with Crippen molar-refractivity contribution in [1.82, 2.24) is 4.90 Å². The fourth-order valence-corrected chi connectivity index (χ4v) is 2.03. The van der Waals surface area contributed by atoms with E-state index in [9.17, 15) is 4.79 Å². The summed E-state index contributed by atoms with van der Waals surface area (Å²) in [6.45, 7) is 0.845. The maximum atomic E-state index is 11.8. The molecule has 0 spiro atoms. The number of amides is 1. The van der Waals surface area contributed by atoms with Crippen molar-refractivity contribution in [3.8, 4) is 0 Å². The van der Waals surface area contributed by atoms with Crippen LogP contribution >= 0.6 is 22.6 Å². The molecule has 0 heterocycles. The van der Waals surface area contributed by atoms with Crippen molar-refractivity contribution in [3.05, 3.63) is 27.8 Å². The van der Waals surface area contributed by atoms with Crippen LogP contribution in [0.4, 0.5) is 5.69 Å². The molecule has 1 amide bonds. The van der Waals surface area contributed by atoms with E-state index in [1.807, 2.05) is 24.3 Å². The molecule has 0 aliphatic carbocycles. The van der Waals surface area contributed by atoms with Gasteiger partial charge in [0.15, 0.2) is 0 Å². The summed E-state index contributed by atoms with van der Waals surface area (Å²) >= 11 is 2.15. The summed E-state index contributed by atoms with van der Waals surface area (Å²) < 4.78 is 0.972. The first-order chi connectivity index (χ1) is 8.67. The molecule has 0 aliphatic rings. The van der Waals surface area contributed by atoms with Crippen LogP contribution in [0.15, 0.2) is 24.3 Å². The van der Waals surface area contributed by atoms with Crippen LogP contribution < -0.4 is 5.32 Å². The maximum Gasteiger partial charge on any atom is 0.238 e. The molecule has 1 rings (SSSR count). The third-order valence-corrected chi connectivity index (χ3v) is 3.29. The molecule has 0 bridgehead atoms. The van der Waals surface area contributed by atoms with E-state index in [-0.39, 0.29) is 25.7 Å². The van der Waals surface area contributed by atoms with Gasteiger partial charge < -0.3 is 15.5 Å². The molecular formula is C12H17IN2O3. The first-order valence-electron chi connectivity index (χ1n) is 5.66. The molecule has 3 N–H and O–H groups in total. The van der Waals surface area contributed by atoms with Crippen molar-refractivity contribution in [3.63, 3.8) is 0 Å². The molecule has 0 saturated carbocycles. The summed E-state index contributed by atoms with van der Waals surface area (Å²) in [6, 6.07) is 7.51. The number of hydrogen-bond donors (Lipinski definition) is 3. The number of hydrogen-bond acceptors (Lipinski definition) is 4. The van der Waals surface area contributed by atoms with E-state index >= 15 is 0 Å². The normalized spacial score (nSPS) is 10.7. The molecule has 0 fully saturated rings. The molecule has 0 unspecified atom stereocenters. The van der Waals surface area contributed by atoms with Crippen molar-refractivity contribution in [1.29, 1.82) is 0 Å². The number of rotatable bonds is 7. The molecule has 1 aromatic carbocycles. The Labute approximate surface area is 120 Å². The molecule has 0 aliphatic heterocycles. The van der Waals surface area contributed by atoms with Crippen molar-refractivity contribution in [2.24, 2.45) is 0 Å². The zero-order chi connectivity index (χ0) is 13.4. The van der Waals surface area contributed by atoms with E-state index in [0.29, 0.717) is 13.1 Å². The number of nitrogens with zero attached hydrogens (tertiary/aromatic N) is 1. The Morgan fingerprint density at radius 3 is 2.39 bits per heavy atom. The zero-order valence-corrected chi connectivity index (χ0v) is 12.1. The number of carbonyl (C=O) groups excluding carboxylic acids is 1. The van der Waals surface area contributed by atoms with Crippen LogP contribution in [0.1, 0.15) is 0 Å². The predicted molar refractivity (Wildman–Crippen MR) is 78.4 cm³/mol. The van der Waals surface area contributed by atoms with E-state index in [0.717, 1.165) is 9.26 Å². The predicted octanol–water partition coefficient (Wildman–Crippen LogP) is 0.516. The molecule has 6 heteroatoms. The lowest BCUT2D eigenvalue weighted by molar-refractivity contribution is -0.117. The van der Waals surface area contributed by atoms with Gasteiger partial charge in [-0.05, 0) is 34.7 Å². The van der Waals surface area contributed by atoms with Gasteiger partial charge in [-0.3, -0.25) is 9.69 Å². The average molecular weight is 364 g/mol. The number of benzene rings is 1. The van der Waals surface area contributed by atoms with E-state index < -0.39 is 0 Å². The molecule has 0 saturated heterocycles. The molecule has 0 aromatic heterocycles. The fourth-order valence-electron chi connectivity index (χ4n) is 1.51. The highest BCUT2D eigenvalue weighted by Crippen LogP contribution is 2.16.